The van der Waals surface area contributed by atoms with Crippen molar-refractivity contribution in [3.63, 3.8) is 0 Å². The lowest BCUT2D eigenvalue weighted by Crippen LogP contribution is -2.33. The van der Waals surface area contributed by atoms with Gasteiger partial charge in [-0.25, -0.2) is 0 Å². The van der Waals surface area contributed by atoms with Gasteiger partial charge in [-0.2, -0.15) is 0 Å². The molecule has 2 aromatic carbocycles. The average Bonchev–Trinajstić information content (AvgIpc) is 3.03. The monoisotopic (exact) mass is 313 g/mol. The van der Waals surface area contributed by atoms with E-state index < -0.39 is 0 Å². The Morgan fingerprint density at radius 1 is 0.870 bits per heavy atom. The first-order chi connectivity index (χ1) is 11.3. The topological polar surface area (TPSA) is 39.7 Å². The minimum Gasteiger partial charge on any atom is -0.497 e. The summed E-state index contributed by atoms with van der Waals surface area (Å²) in [5.74, 6) is 1.77. The van der Waals surface area contributed by atoms with Gasteiger partial charge in [0.1, 0.15) is 17.7 Å². The maximum atomic E-state index is 5.88. The molecule has 0 bridgehead atoms. The second-order valence-electron chi connectivity index (χ2n) is 5.79. The molecule has 1 N–H and O–H groups in total. The van der Waals surface area contributed by atoms with Crippen molar-refractivity contribution in [2.75, 3.05) is 20.8 Å². The smallest absolute Gasteiger partial charge is 0.118 e. The summed E-state index contributed by atoms with van der Waals surface area (Å²) in [6.45, 7) is 0.743. The zero-order valence-electron chi connectivity index (χ0n) is 13.6. The van der Waals surface area contributed by atoms with Crippen LogP contribution in [0.4, 0.5) is 0 Å². The van der Waals surface area contributed by atoms with Crippen molar-refractivity contribution in [3.8, 4) is 11.5 Å². The van der Waals surface area contributed by atoms with Crippen LogP contribution in [-0.2, 0) is 17.6 Å². The third-order valence-corrected chi connectivity index (χ3v) is 4.14. The number of nitrogens with one attached hydrogen (secondary N) is 1. The Morgan fingerprint density at radius 2 is 1.39 bits per heavy atom. The number of benzene rings is 2. The number of methoxy groups -OCH3 is 2. The van der Waals surface area contributed by atoms with Crippen molar-refractivity contribution in [2.45, 2.75) is 25.1 Å². The molecule has 122 valence electrons. The van der Waals surface area contributed by atoms with E-state index in [1.807, 2.05) is 24.3 Å². The summed E-state index contributed by atoms with van der Waals surface area (Å²) in [5, 5.41) is 3.56. The first-order valence-corrected chi connectivity index (χ1v) is 7.90. The summed E-state index contributed by atoms with van der Waals surface area (Å²) in [6, 6.07) is 16.7. The van der Waals surface area contributed by atoms with E-state index in [1.54, 1.807) is 14.2 Å². The molecule has 0 aromatic heterocycles. The van der Waals surface area contributed by atoms with Crippen molar-refractivity contribution in [1.29, 1.82) is 0 Å². The number of hydrogen-bond acceptors (Lipinski definition) is 4. The molecule has 1 saturated heterocycles. The van der Waals surface area contributed by atoms with Crippen LogP contribution in [0.1, 0.15) is 11.1 Å². The van der Waals surface area contributed by atoms with Gasteiger partial charge in [-0.1, -0.05) is 24.3 Å². The fourth-order valence-electron chi connectivity index (χ4n) is 2.85. The summed E-state index contributed by atoms with van der Waals surface area (Å²) >= 11 is 0. The molecular weight excluding hydrogens is 290 g/mol. The van der Waals surface area contributed by atoms with Crippen LogP contribution in [0.15, 0.2) is 48.5 Å². The molecule has 23 heavy (non-hydrogen) atoms. The minimum absolute atomic E-state index is 0.0756. The number of ether oxygens (including phenoxy) is 3. The number of hydrogen-bond donors (Lipinski definition) is 1. The van der Waals surface area contributed by atoms with Crippen LogP contribution >= 0.6 is 0 Å². The van der Waals surface area contributed by atoms with Crippen LogP contribution < -0.4 is 14.8 Å². The van der Waals surface area contributed by atoms with Crippen LogP contribution in [0.2, 0.25) is 0 Å². The number of rotatable bonds is 6. The molecule has 2 aromatic rings. The van der Waals surface area contributed by atoms with Crippen molar-refractivity contribution >= 4 is 0 Å². The van der Waals surface area contributed by atoms with Crippen molar-refractivity contribution < 1.29 is 14.2 Å². The Morgan fingerprint density at radius 3 is 1.91 bits per heavy atom. The van der Waals surface area contributed by atoms with Crippen LogP contribution in [0.3, 0.4) is 0 Å². The molecule has 4 nitrogen and oxygen atoms in total. The Labute approximate surface area is 137 Å². The molecule has 0 radical (unpaired) electrons. The van der Waals surface area contributed by atoms with E-state index in [1.165, 1.54) is 11.1 Å². The summed E-state index contributed by atoms with van der Waals surface area (Å²) in [6.07, 6.45) is 1.90. The molecule has 1 fully saturated rings. The molecule has 0 amide bonds. The van der Waals surface area contributed by atoms with Gasteiger partial charge >= 0.3 is 0 Å². The summed E-state index contributed by atoms with van der Waals surface area (Å²) < 4.78 is 16.2. The molecule has 0 aliphatic carbocycles. The minimum atomic E-state index is 0.0756. The largest absolute Gasteiger partial charge is 0.497 e. The molecule has 4 heteroatoms. The quantitative estimate of drug-likeness (QED) is 0.890. The molecule has 0 saturated carbocycles. The Bertz CT molecular complexity index is 554. The molecule has 3 rings (SSSR count). The summed E-state index contributed by atoms with van der Waals surface area (Å²) in [7, 11) is 3.37. The van der Waals surface area contributed by atoms with E-state index in [0.29, 0.717) is 6.04 Å². The van der Waals surface area contributed by atoms with Gasteiger partial charge in [0.2, 0.25) is 0 Å². The highest BCUT2D eigenvalue weighted by molar-refractivity contribution is 5.28. The van der Waals surface area contributed by atoms with E-state index in [9.17, 15) is 0 Å². The second kappa shape index (κ2) is 7.49. The van der Waals surface area contributed by atoms with Gasteiger partial charge < -0.3 is 14.2 Å². The van der Waals surface area contributed by atoms with Gasteiger partial charge in [0.25, 0.3) is 0 Å². The highest BCUT2D eigenvalue weighted by Gasteiger charge is 2.24. The first kappa shape index (κ1) is 15.8. The molecule has 1 heterocycles. The fourth-order valence-corrected chi connectivity index (χ4v) is 2.85. The second-order valence-corrected chi connectivity index (χ2v) is 5.79. The molecular formula is C19H23NO3. The lowest BCUT2D eigenvalue weighted by Gasteiger charge is -2.13. The average molecular weight is 313 g/mol. The van der Waals surface area contributed by atoms with Gasteiger partial charge in [0, 0.05) is 12.5 Å². The predicted octanol–water partition coefficient (Wildman–Crippen LogP) is 2.80. The SMILES string of the molecule is COc1ccc(C[C@H]2CO[C@H](Cc3ccc(OC)cc3)N2)cc1. The van der Waals surface area contributed by atoms with Crippen molar-refractivity contribution in [3.05, 3.63) is 59.7 Å². The van der Waals surface area contributed by atoms with Crippen molar-refractivity contribution in [1.82, 2.24) is 5.32 Å². The van der Waals surface area contributed by atoms with Crippen LogP contribution in [0.25, 0.3) is 0 Å². The maximum absolute atomic E-state index is 5.88. The highest BCUT2D eigenvalue weighted by atomic mass is 16.5. The zero-order chi connectivity index (χ0) is 16.1. The predicted molar refractivity (Wildman–Crippen MR) is 90.1 cm³/mol. The Balaban J connectivity index is 1.51. The zero-order valence-corrected chi connectivity index (χ0v) is 13.6. The normalized spacial score (nSPS) is 20.4. The van der Waals surface area contributed by atoms with Gasteiger partial charge in [-0.3, -0.25) is 5.32 Å². The lowest BCUT2D eigenvalue weighted by atomic mass is 10.1. The molecule has 2 atom stereocenters. The molecule has 0 spiro atoms. The summed E-state index contributed by atoms with van der Waals surface area (Å²) in [4.78, 5) is 0. The third-order valence-electron chi connectivity index (χ3n) is 4.14. The van der Waals surface area contributed by atoms with E-state index in [2.05, 4.69) is 29.6 Å². The van der Waals surface area contributed by atoms with Gasteiger partial charge in [0.05, 0.1) is 20.8 Å². The first-order valence-electron chi connectivity index (χ1n) is 7.90. The third kappa shape index (κ3) is 4.24. The van der Waals surface area contributed by atoms with E-state index in [-0.39, 0.29) is 6.23 Å². The Kier molecular flexibility index (Phi) is 5.16. The summed E-state index contributed by atoms with van der Waals surface area (Å²) in [5.41, 5.74) is 2.53. The highest BCUT2D eigenvalue weighted by Crippen LogP contribution is 2.18. The van der Waals surface area contributed by atoms with Gasteiger partial charge in [-0.15, -0.1) is 0 Å². The van der Waals surface area contributed by atoms with E-state index in [4.69, 9.17) is 14.2 Å². The Hall–Kier alpha value is -2.04. The lowest BCUT2D eigenvalue weighted by molar-refractivity contribution is 0.100. The van der Waals surface area contributed by atoms with Crippen LogP contribution in [0.5, 0.6) is 11.5 Å². The molecule has 1 aliphatic heterocycles. The fraction of sp³-hybridized carbons (Fsp3) is 0.368. The van der Waals surface area contributed by atoms with Gasteiger partial charge in [-0.05, 0) is 41.8 Å². The van der Waals surface area contributed by atoms with Crippen LogP contribution in [-0.4, -0.2) is 33.1 Å². The van der Waals surface area contributed by atoms with E-state index >= 15 is 0 Å². The molecule has 0 unspecified atom stereocenters. The van der Waals surface area contributed by atoms with Crippen LogP contribution in [0, 0.1) is 0 Å². The van der Waals surface area contributed by atoms with E-state index in [0.717, 1.165) is 30.9 Å². The van der Waals surface area contributed by atoms with Crippen molar-refractivity contribution in [2.24, 2.45) is 0 Å². The molecule has 1 aliphatic rings. The standard InChI is InChI=1S/C19H23NO3/c1-21-17-7-3-14(4-8-17)11-16-13-23-19(20-16)12-15-5-9-18(22-2)10-6-15/h3-10,16,19-20H,11-13H2,1-2H3/t16-,19+/m0/s1. The maximum Gasteiger partial charge on any atom is 0.118 e. The van der Waals surface area contributed by atoms with Gasteiger partial charge in [0.15, 0.2) is 0 Å².